The molecule has 0 radical (unpaired) electrons. The number of aliphatic hydroxyl groups is 1. The molecule has 0 aliphatic carbocycles. The summed E-state index contributed by atoms with van der Waals surface area (Å²) < 4.78 is 0. The zero-order valence-electron chi connectivity index (χ0n) is 20.9. The lowest BCUT2D eigenvalue weighted by atomic mass is 10.1. The van der Waals surface area contributed by atoms with Gasteiger partial charge in [0.05, 0.1) is 12.1 Å². The quantitative estimate of drug-likeness (QED) is 0.120. The summed E-state index contributed by atoms with van der Waals surface area (Å²) >= 11 is 1.33. The number of carbonyl (C=O) groups is 3. The van der Waals surface area contributed by atoms with Gasteiger partial charge in [0.2, 0.25) is 5.91 Å². The molecular formula is C27H40N2O6S. The third kappa shape index (κ3) is 20.5. The van der Waals surface area contributed by atoms with E-state index in [9.17, 15) is 19.5 Å². The lowest BCUT2D eigenvalue weighted by molar-refractivity contribution is -0.138. The number of carbonyl (C=O) groups excluding carboxylic acids is 1. The molecule has 0 rings (SSSR count). The Balaban J connectivity index is 4.85. The molecule has 0 aromatic heterocycles. The summed E-state index contributed by atoms with van der Waals surface area (Å²) in [6.45, 7) is 1.58. The van der Waals surface area contributed by atoms with Gasteiger partial charge < -0.3 is 26.4 Å². The fourth-order valence-electron chi connectivity index (χ4n) is 2.65. The van der Waals surface area contributed by atoms with Crippen LogP contribution in [-0.2, 0) is 14.4 Å². The Morgan fingerprint density at radius 2 is 1.56 bits per heavy atom. The maximum absolute atomic E-state index is 11.9. The second-order valence-electron chi connectivity index (χ2n) is 7.74. The SMILES string of the molecule is CCC=CCC=CC[C@H](O)[C@@H](C=CC=CC=CCC=CCCC(=O)O)SC[C@H](N)C(=O)NCC(=O)O. The molecule has 36 heavy (non-hydrogen) atoms. The van der Waals surface area contributed by atoms with Crippen molar-refractivity contribution in [1.82, 2.24) is 5.32 Å². The van der Waals surface area contributed by atoms with Crippen molar-refractivity contribution >= 4 is 29.6 Å². The molecule has 3 atom stereocenters. The summed E-state index contributed by atoms with van der Waals surface area (Å²) in [5, 5.41) is 29.9. The molecule has 0 bridgehead atoms. The van der Waals surface area contributed by atoms with Gasteiger partial charge in [0.25, 0.3) is 0 Å². The number of thioether (sulfide) groups is 1. The molecule has 0 saturated carbocycles. The number of hydrogen-bond donors (Lipinski definition) is 5. The molecule has 0 aromatic rings. The predicted molar refractivity (Wildman–Crippen MR) is 147 cm³/mol. The number of aliphatic carboxylic acids is 2. The second kappa shape index (κ2) is 22.6. The standard InChI is InChI=1S/C27H40N2O6S/c1-2-3-4-5-11-14-17-23(30)24(36-21-22(28)27(35)29-20-26(33)34)18-15-12-9-7-6-8-10-13-16-19-25(31)32/h3-4,6-7,9-15,18,22-24,30H,2,5,8,16-17,19-21,28H2,1H3,(H,29,35)(H,31,32)(H,33,34)/t22-,23-,24+/m0/s1. The third-order valence-corrected chi connectivity index (χ3v) is 5.96. The molecule has 0 aliphatic rings. The summed E-state index contributed by atoms with van der Waals surface area (Å²) in [5.41, 5.74) is 5.88. The van der Waals surface area contributed by atoms with Crippen LogP contribution in [0.4, 0.5) is 0 Å². The van der Waals surface area contributed by atoms with Crippen molar-refractivity contribution in [2.24, 2.45) is 5.73 Å². The zero-order valence-corrected chi connectivity index (χ0v) is 21.7. The number of allylic oxidation sites excluding steroid dienone is 10. The molecule has 0 spiro atoms. The zero-order chi connectivity index (χ0) is 27.0. The highest BCUT2D eigenvalue weighted by Crippen LogP contribution is 2.20. The minimum Gasteiger partial charge on any atom is -0.481 e. The minimum atomic E-state index is -1.14. The largest absolute Gasteiger partial charge is 0.481 e. The first-order chi connectivity index (χ1) is 17.3. The number of rotatable bonds is 20. The van der Waals surface area contributed by atoms with Crippen molar-refractivity contribution in [2.45, 2.75) is 62.8 Å². The molecule has 9 heteroatoms. The molecule has 6 N–H and O–H groups in total. The van der Waals surface area contributed by atoms with Gasteiger partial charge in [0, 0.05) is 17.4 Å². The van der Waals surface area contributed by atoms with Crippen LogP contribution in [0.25, 0.3) is 0 Å². The Morgan fingerprint density at radius 1 is 0.889 bits per heavy atom. The van der Waals surface area contributed by atoms with E-state index < -0.39 is 36.5 Å². The molecule has 8 nitrogen and oxygen atoms in total. The molecule has 0 unspecified atom stereocenters. The third-order valence-electron chi connectivity index (χ3n) is 4.55. The van der Waals surface area contributed by atoms with E-state index >= 15 is 0 Å². The topological polar surface area (TPSA) is 150 Å². The van der Waals surface area contributed by atoms with Crippen LogP contribution in [0.1, 0.15) is 45.4 Å². The Morgan fingerprint density at radius 3 is 2.25 bits per heavy atom. The van der Waals surface area contributed by atoms with Gasteiger partial charge in [-0.1, -0.05) is 79.8 Å². The maximum atomic E-state index is 11.9. The van der Waals surface area contributed by atoms with Gasteiger partial charge in [-0.15, -0.1) is 11.8 Å². The molecule has 200 valence electrons. The van der Waals surface area contributed by atoms with E-state index in [0.717, 1.165) is 12.8 Å². The van der Waals surface area contributed by atoms with Gasteiger partial charge in [-0.2, -0.15) is 0 Å². The van der Waals surface area contributed by atoms with E-state index in [2.05, 4.69) is 24.4 Å². The summed E-state index contributed by atoms with van der Waals surface area (Å²) in [5.74, 6) is -2.28. The summed E-state index contributed by atoms with van der Waals surface area (Å²) in [6, 6.07) is -0.894. The lowest BCUT2D eigenvalue weighted by Gasteiger charge is -2.20. The Labute approximate surface area is 218 Å². The van der Waals surface area contributed by atoms with Crippen LogP contribution in [-0.4, -0.2) is 62.9 Å². The minimum absolute atomic E-state index is 0.125. The van der Waals surface area contributed by atoms with E-state index in [4.69, 9.17) is 15.9 Å². The first kappa shape index (κ1) is 33.1. The monoisotopic (exact) mass is 520 g/mol. The van der Waals surface area contributed by atoms with E-state index in [1.807, 2.05) is 60.8 Å². The average Bonchev–Trinajstić information content (AvgIpc) is 2.84. The number of carboxylic acids is 2. The number of hydrogen-bond acceptors (Lipinski definition) is 6. The van der Waals surface area contributed by atoms with Gasteiger partial charge in [0.15, 0.2) is 0 Å². The first-order valence-corrected chi connectivity index (χ1v) is 13.0. The predicted octanol–water partition coefficient (Wildman–Crippen LogP) is 3.76. The second-order valence-corrected chi connectivity index (χ2v) is 8.95. The van der Waals surface area contributed by atoms with Crippen LogP contribution in [0, 0.1) is 0 Å². The Bertz CT molecular complexity index is 817. The van der Waals surface area contributed by atoms with Crippen LogP contribution in [0.2, 0.25) is 0 Å². The number of aliphatic hydroxyl groups excluding tert-OH is 1. The number of nitrogens with one attached hydrogen (secondary N) is 1. The fraction of sp³-hybridized carbons (Fsp3) is 0.444. The van der Waals surface area contributed by atoms with Crippen LogP contribution in [0.15, 0.2) is 72.9 Å². The van der Waals surface area contributed by atoms with Crippen LogP contribution >= 0.6 is 11.8 Å². The Kier molecular flexibility index (Phi) is 20.8. The molecule has 1 amide bonds. The van der Waals surface area contributed by atoms with Gasteiger partial charge in [-0.3, -0.25) is 14.4 Å². The van der Waals surface area contributed by atoms with Gasteiger partial charge in [-0.05, 0) is 32.1 Å². The van der Waals surface area contributed by atoms with E-state index in [-0.39, 0.29) is 17.4 Å². The van der Waals surface area contributed by atoms with E-state index in [0.29, 0.717) is 19.3 Å². The number of nitrogens with two attached hydrogens (primary N) is 1. The van der Waals surface area contributed by atoms with Crippen LogP contribution in [0.3, 0.4) is 0 Å². The molecular weight excluding hydrogens is 480 g/mol. The average molecular weight is 521 g/mol. The van der Waals surface area contributed by atoms with Crippen molar-refractivity contribution in [2.75, 3.05) is 12.3 Å². The normalized spacial score (nSPS) is 15.1. The molecule has 0 aromatic carbocycles. The highest BCUT2D eigenvalue weighted by Gasteiger charge is 2.20. The van der Waals surface area contributed by atoms with Crippen LogP contribution < -0.4 is 11.1 Å². The van der Waals surface area contributed by atoms with Crippen LogP contribution in [0.5, 0.6) is 0 Å². The van der Waals surface area contributed by atoms with Gasteiger partial charge in [0.1, 0.15) is 6.54 Å². The smallest absolute Gasteiger partial charge is 0.322 e. The fourth-order valence-corrected chi connectivity index (χ4v) is 3.76. The highest BCUT2D eigenvalue weighted by atomic mass is 32.2. The summed E-state index contributed by atoms with van der Waals surface area (Å²) in [7, 11) is 0. The molecule has 0 fully saturated rings. The first-order valence-electron chi connectivity index (χ1n) is 12.0. The molecule has 0 saturated heterocycles. The van der Waals surface area contributed by atoms with Crippen molar-refractivity contribution < 1.29 is 29.7 Å². The lowest BCUT2D eigenvalue weighted by Crippen LogP contribution is -2.44. The van der Waals surface area contributed by atoms with Crippen molar-refractivity contribution in [3.8, 4) is 0 Å². The van der Waals surface area contributed by atoms with E-state index in [1.54, 1.807) is 0 Å². The van der Waals surface area contributed by atoms with Crippen molar-refractivity contribution in [3.63, 3.8) is 0 Å². The van der Waals surface area contributed by atoms with Crippen molar-refractivity contribution in [3.05, 3.63) is 72.9 Å². The molecule has 0 aliphatic heterocycles. The number of amides is 1. The van der Waals surface area contributed by atoms with Crippen molar-refractivity contribution in [1.29, 1.82) is 0 Å². The summed E-state index contributed by atoms with van der Waals surface area (Å²) in [4.78, 5) is 33.0. The van der Waals surface area contributed by atoms with E-state index in [1.165, 1.54) is 11.8 Å². The Hall–Kier alpha value is -2.88. The van der Waals surface area contributed by atoms with Gasteiger partial charge in [-0.25, -0.2) is 0 Å². The summed E-state index contributed by atoms with van der Waals surface area (Å²) in [6.07, 6.45) is 25.8. The maximum Gasteiger partial charge on any atom is 0.322 e. The number of carboxylic acid groups (broad SMARTS) is 2. The highest BCUT2D eigenvalue weighted by molar-refractivity contribution is 8.00. The molecule has 0 heterocycles. The van der Waals surface area contributed by atoms with Gasteiger partial charge >= 0.3 is 11.9 Å².